The third-order valence-corrected chi connectivity index (χ3v) is 6.36. The fourth-order valence-corrected chi connectivity index (χ4v) is 4.51. The minimum atomic E-state index is -0.148. The van der Waals surface area contributed by atoms with Gasteiger partial charge in [0, 0.05) is 36.2 Å². The van der Waals surface area contributed by atoms with Crippen molar-refractivity contribution in [2.45, 2.75) is 45.8 Å². The maximum absolute atomic E-state index is 13.0. The number of aromatic nitrogens is 5. The van der Waals surface area contributed by atoms with Gasteiger partial charge in [0.15, 0.2) is 5.82 Å². The molecule has 0 fully saturated rings. The number of aliphatic hydroxyl groups is 1. The zero-order chi connectivity index (χ0) is 26.2. The number of nitrogens with one attached hydrogen (secondary N) is 1. The summed E-state index contributed by atoms with van der Waals surface area (Å²) in [5, 5.41) is 23.0. The van der Waals surface area contributed by atoms with Crippen LogP contribution >= 0.6 is 0 Å². The van der Waals surface area contributed by atoms with Gasteiger partial charge in [-0.25, -0.2) is 4.68 Å². The predicted octanol–water partition coefficient (Wildman–Crippen LogP) is 3.31. The Bertz CT molecular complexity index is 1350. The lowest BCUT2D eigenvalue weighted by Gasteiger charge is -2.30. The summed E-state index contributed by atoms with van der Waals surface area (Å²) in [6, 6.07) is 15.2. The smallest absolute Gasteiger partial charge is 0.252 e. The molecule has 0 spiro atoms. The van der Waals surface area contributed by atoms with Crippen molar-refractivity contribution >= 4 is 10.9 Å². The molecule has 4 aromatic rings. The normalized spacial score (nSPS) is 12.2. The number of nitrogens with zero attached hydrogens (tertiary/aromatic N) is 5. The molecule has 0 amide bonds. The van der Waals surface area contributed by atoms with Crippen LogP contribution in [0.3, 0.4) is 0 Å². The number of aromatic amines is 1. The SMILES string of the molecule is CCOc1ccc2[nH]c(=O)c(CN(CCCO)[C@@H](CC)c3nnnn3Cc3ccc(OC)cc3)cc2c1. The Hall–Kier alpha value is -3.76. The van der Waals surface area contributed by atoms with Crippen LogP contribution < -0.4 is 15.0 Å². The fourth-order valence-electron chi connectivity index (χ4n) is 4.51. The Balaban J connectivity index is 1.63. The first-order valence-corrected chi connectivity index (χ1v) is 12.6. The second kappa shape index (κ2) is 12.5. The van der Waals surface area contributed by atoms with E-state index in [-0.39, 0.29) is 18.2 Å². The summed E-state index contributed by atoms with van der Waals surface area (Å²) in [6.45, 7) is 6.11. The van der Waals surface area contributed by atoms with E-state index < -0.39 is 0 Å². The number of benzene rings is 2. The minimum Gasteiger partial charge on any atom is -0.497 e. The number of aliphatic hydroxyl groups excluding tert-OH is 1. The van der Waals surface area contributed by atoms with Crippen LogP contribution in [0.15, 0.2) is 53.3 Å². The molecule has 196 valence electrons. The van der Waals surface area contributed by atoms with Gasteiger partial charge in [0.05, 0.1) is 26.3 Å². The Morgan fingerprint density at radius 2 is 1.89 bits per heavy atom. The maximum atomic E-state index is 13.0. The highest BCUT2D eigenvalue weighted by molar-refractivity contribution is 5.80. The van der Waals surface area contributed by atoms with E-state index in [9.17, 15) is 9.90 Å². The van der Waals surface area contributed by atoms with Crippen molar-refractivity contribution < 1.29 is 14.6 Å². The Labute approximate surface area is 215 Å². The summed E-state index contributed by atoms with van der Waals surface area (Å²) < 4.78 is 12.7. The zero-order valence-electron chi connectivity index (χ0n) is 21.6. The van der Waals surface area contributed by atoms with Gasteiger partial charge in [-0.05, 0) is 72.2 Å². The molecule has 0 unspecified atom stereocenters. The monoisotopic (exact) mass is 506 g/mol. The molecular weight excluding hydrogens is 472 g/mol. The second-order valence-electron chi connectivity index (χ2n) is 8.82. The molecular formula is C27H34N6O4. The van der Waals surface area contributed by atoms with Crippen molar-refractivity contribution in [3.63, 3.8) is 0 Å². The number of hydrogen-bond acceptors (Lipinski definition) is 8. The van der Waals surface area contributed by atoms with Crippen LogP contribution in [-0.4, -0.2) is 62.1 Å². The van der Waals surface area contributed by atoms with E-state index in [2.05, 4.69) is 32.3 Å². The van der Waals surface area contributed by atoms with E-state index in [1.165, 1.54) is 0 Å². The van der Waals surface area contributed by atoms with Crippen LogP contribution in [0.4, 0.5) is 0 Å². The summed E-state index contributed by atoms with van der Waals surface area (Å²) in [4.78, 5) is 18.1. The topological polar surface area (TPSA) is 118 Å². The summed E-state index contributed by atoms with van der Waals surface area (Å²) in [5.41, 5.74) is 2.29. The molecule has 2 aromatic carbocycles. The molecule has 37 heavy (non-hydrogen) atoms. The summed E-state index contributed by atoms with van der Waals surface area (Å²) in [6.07, 6.45) is 1.30. The number of hydrogen-bond donors (Lipinski definition) is 2. The van der Waals surface area contributed by atoms with Gasteiger partial charge in [-0.15, -0.1) is 5.10 Å². The van der Waals surface area contributed by atoms with Crippen LogP contribution in [0.2, 0.25) is 0 Å². The first-order valence-electron chi connectivity index (χ1n) is 12.6. The van der Waals surface area contributed by atoms with Crippen molar-refractivity contribution in [2.24, 2.45) is 0 Å². The lowest BCUT2D eigenvalue weighted by atomic mass is 10.1. The number of tetrazole rings is 1. The van der Waals surface area contributed by atoms with Crippen LogP contribution in [0.5, 0.6) is 11.5 Å². The van der Waals surface area contributed by atoms with Crippen molar-refractivity contribution in [3.8, 4) is 11.5 Å². The molecule has 2 heterocycles. The number of ether oxygens (including phenoxy) is 2. The van der Waals surface area contributed by atoms with Crippen LogP contribution in [0.25, 0.3) is 10.9 Å². The Morgan fingerprint density at radius 3 is 2.59 bits per heavy atom. The predicted molar refractivity (Wildman–Crippen MR) is 141 cm³/mol. The fraction of sp³-hybridized carbons (Fsp3) is 0.407. The Morgan fingerprint density at radius 1 is 1.11 bits per heavy atom. The van der Waals surface area contributed by atoms with Gasteiger partial charge in [-0.1, -0.05) is 19.1 Å². The largest absolute Gasteiger partial charge is 0.497 e. The minimum absolute atomic E-state index is 0.0511. The van der Waals surface area contributed by atoms with E-state index in [1.54, 1.807) is 11.8 Å². The highest BCUT2D eigenvalue weighted by atomic mass is 16.5. The quantitative estimate of drug-likeness (QED) is 0.284. The molecule has 0 aliphatic carbocycles. The Kier molecular flexibility index (Phi) is 8.86. The third kappa shape index (κ3) is 6.33. The van der Waals surface area contributed by atoms with E-state index in [0.717, 1.165) is 34.4 Å². The molecule has 10 nitrogen and oxygen atoms in total. The first-order chi connectivity index (χ1) is 18.1. The summed E-state index contributed by atoms with van der Waals surface area (Å²) in [5.74, 6) is 2.26. The average Bonchev–Trinajstić information content (AvgIpc) is 3.36. The number of methoxy groups -OCH3 is 1. The van der Waals surface area contributed by atoms with Crippen molar-refractivity contribution in [1.82, 2.24) is 30.1 Å². The molecule has 0 radical (unpaired) electrons. The van der Waals surface area contributed by atoms with Gasteiger partial charge in [0.25, 0.3) is 5.56 Å². The van der Waals surface area contributed by atoms with Gasteiger partial charge < -0.3 is 19.6 Å². The number of H-pyrrole nitrogens is 1. The van der Waals surface area contributed by atoms with Crippen molar-refractivity contribution in [2.75, 3.05) is 26.9 Å². The highest BCUT2D eigenvalue weighted by Gasteiger charge is 2.25. The lowest BCUT2D eigenvalue weighted by molar-refractivity contribution is 0.152. The van der Waals surface area contributed by atoms with Crippen LogP contribution in [0, 0.1) is 0 Å². The highest BCUT2D eigenvalue weighted by Crippen LogP contribution is 2.26. The van der Waals surface area contributed by atoms with E-state index >= 15 is 0 Å². The standard InChI is InChI=1S/C27H34N6O4/c1-4-25(26-29-30-31-33(26)17-19-7-9-22(36-3)10-8-19)32(13-6-14-34)18-21-15-20-16-23(37-5-2)11-12-24(20)28-27(21)35/h7-12,15-16,25,34H,4-6,13-14,17-18H2,1-3H3,(H,28,35)/t25-/m0/s1. The number of rotatable bonds is 13. The van der Waals surface area contributed by atoms with Crippen molar-refractivity contribution in [1.29, 1.82) is 0 Å². The van der Waals surface area contributed by atoms with E-state index in [0.29, 0.717) is 44.0 Å². The molecule has 2 aromatic heterocycles. The molecule has 2 N–H and O–H groups in total. The van der Waals surface area contributed by atoms with Gasteiger partial charge in [-0.3, -0.25) is 9.69 Å². The van der Waals surface area contributed by atoms with Gasteiger partial charge in [0.2, 0.25) is 0 Å². The molecule has 0 saturated carbocycles. The second-order valence-corrected chi connectivity index (χ2v) is 8.82. The van der Waals surface area contributed by atoms with Crippen molar-refractivity contribution in [3.05, 3.63) is 75.8 Å². The lowest BCUT2D eigenvalue weighted by Crippen LogP contribution is -2.34. The molecule has 0 bridgehead atoms. The zero-order valence-corrected chi connectivity index (χ0v) is 21.6. The van der Waals surface area contributed by atoms with Gasteiger partial charge in [-0.2, -0.15) is 0 Å². The first kappa shape index (κ1) is 26.3. The molecule has 1 atom stereocenters. The van der Waals surface area contributed by atoms with E-state index in [4.69, 9.17) is 9.47 Å². The molecule has 0 saturated heterocycles. The summed E-state index contributed by atoms with van der Waals surface area (Å²) in [7, 11) is 1.64. The average molecular weight is 507 g/mol. The maximum Gasteiger partial charge on any atom is 0.252 e. The van der Waals surface area contributed by atoms with E-state index in [1.807, 2.05) is 55.5 Å². The molecule has 0 aliphatic heterocycles. The number of pyridine rings is 1. The van der Waals surface area contributed by atoms with Crippen LogP contribution in [0.1, 0.15) is 49.7 Å². The van der Waals surface area contributed by atoms with Crippen LogP contribution in [-0.2, 0) is 13.1 Å². The van der Waals surface area contributed by atoms with Gasteiger partial charge >= 0.3 is 0 Å². The third-order valence-electron chi connectivity index (χ3n) is 6.36. The molecule has 0 aliphatic rings. The molecule has 10 heteroatoms. The summed E-state index contributed by atoms with van der Waals surface area (Å²) >= 11 is 0. The molecule has 4 rings (SSSR count). The van der Waals surface area contributed by atoms with Gasteiger partial charge in [0.1, 0.15) is 11.5 Å². The number of fused-ring (bicyclic) bond motifs is 1.